The minimum Gasteiger partial charge on any atom is -0.492 e. The third kappa shape index (κ3) is 4.21. The van der Waals surface area contributed by atoms with Crippen molar-refractivity contribution in [3.05, 3.63) is 28.8 Å². The molecule has 1 atom stereocenters. The first-order valence-electron chi connectivity index (χ1n) is 6.10. The second-order valence-corrected chi connectivity index (χ2v) is 5.00. The SMILES string of the molecule is CCOc1ccc(CC(CO)C(C)C)cc1Cl. The molecule has 0 aromatic heterocycles. The normalized spacial score (nSPS) is 12.8. The minimum absolute atomic E-state index is 0.211. The van der Waals surface area contributed by atoms with Crippen LogP contribution >= 0.6 is 11.6 Å². The fourth-order valence-electron chi connectivity index (χ4n) is 1.76. The summed E-state index contributed by atoms with van der Waals surface area (Å²) in [7, 11) is 0. The zero-order chi connectivity index (χ0) is 12.8. The highest BCUT2D eigenvalue weighted by Gasteiger charge is 2.13. The molecular formula is C14H21ClO2. The van der Waals surface area contributed by atoms with Crippen LogP contribution in [0.15, 0.2) is 18.2 Å². The molecule has 0 bridgehead atoms. The van der Waals surface area contributed by atoms with Crippen molar-refractivity contribution in [2.45, 2.75) is 27.2 Å². The van der Waals surface area contributed by atoms with Crippen LogP contribution in [0.2, 0.25) is 5.02 Å². The van der Waals surface area contributed by atoms with E-state index in [0.29, 0.717) is 17.5 Å². The largest absolute Gasteiger partial charge is 0.492 e. The van der Waals surface area contributed by atoms with Gasteiger partial charge in [-0.15, -0.1) is 0 Å². The van der Waals surface area contributed by atoms with Crippen molar-refractivity contribution in [2.24, 2.45) is 11.8 Å². The molecule has 0 spiro atoms. The molecule has 1 unspecified atom stereocenters. The number of aliphatic hydroxyl groups is 1. The van der Waals surface area contributed by atoms with Crippen LogP contribution < -0.4 is 4.74 Å². The van der Waals surface area contributed by atoms with Gasteiger partial charge in [-0.2, -0.15) is 0 Å². The summed E-state index contributed by atoms with van der Waals surface area (Å²) in [5.41, 5.74) is 1.14. The molecule has 2 nitrogen and oxygen atoms in total. The molecule has 1 aromatic carbocycles. The molecule has 96 valence electrons. The summed E-state index contributed by atoms with van der Waals surface area (Å²) in [6, 6.07) is 5.84. The second kappa shape index (κ2) is 6.87. The molecule has 1 N–H and O–H groups in total. The molecule has 0 saturated carbocycles. The summed E-state index contributed by atoms with van der Waals surface area (Å²) in [4.78, 5) is 0. The highest BCUT2D eigenvalue weighted by atomic mass is 35.5. The molecule has 1 aromatic rings. The number of rotatable bonds is 6. The predicted octanol–water partition coefficient (Wildman–Crippen LogP) is 3.55. The van der Waals surface area contributed by atoms with Crippen LogP contribution in [0.1, 0.15) is 26.3 Å². The van der Waals surface area contributed by atoms with Gasteiger partial charge in [0.15, 0.2) is 0 Å². The van der Waals surface area contributed by atoms with E-state index in [0.717, 1.165) is 17.7 Å². The maximum absolute atomic E-state index is 9.31. The fraction of sp³-hybridized carbons (Fsp3) is 0.571. The second-order valence-electron chi connectivity index (χ2n) is 4.59. The lowest BCUT2D eigenvalue weighted by Gasteiger charge is -2.18. The Labute approximate surface area is 109 Å². The van der Waals surface area contributed by atoms with Gasteiger partial charge in [-0.3, -0.25) is 0 Å². The van der Waals surface area contributed by atoms with Gasteiger partial charge in [-0.05, 0) is 42.9 Å². The standard InChI is InChI=1S/C14H21ClO2/c1-4-17-14-6-5-11(8-13(14)15)7-12(9-16)10(2)3/h5-6,8,10,12,16H,4,7,9H2,1-3H3. The topological polar surface area (TPSA) is 29.5 Å². The third-order valence-corrected chi connectivity index (χ3v) is 3.27. The average molecular weight is 257 g/mol. The van der Waals surface area contributed by atoms with Crippen molar-refractivity contribution in [2.75, 3.05) is 13.2 Å². The van der Waals surface area contributed by atoms with Gasteiger partial charge in [0.05, 0.1) is 11.6 Å². The van der Waals surface area contributed by atoms with E-state index in [4.69, 9.17) is 16.3 Å². The zero-order valence-electron chi connectivity index (χ0n) is 10.7. The van der Waals surface area contributed by atoms with Crippen molar-refractivity contribution >= 4 is 11.6 Å². The van der Waals surface area contributed by atoms with E-state index in [1.807, 2.05) is 25.1 Å². The minimum atomic E-state index is 0.211. The molecule has 3 heteroatoms. The first-order chi connectivity index (χ1) is 8.08. The van der Waals surface area contributed by atoms with Crippen LogP contribution in [0.3, 0.4) is 0 Å². The summed E-state index contributed by atoms with van der Waals surface area (Å²) in [6.45, 7) is 7.01. The van der Waals surface area contributed by atoms with Gasteiger partial charge in [0.1, 0.15) is 5.75 Å². The van der Waals surface area contributed by atoms with Crippen LogP contribution in [0.5, 0.6) is 5.75 Å². The third-order valence-electron chi connectivity index (χ3n) is 2.97. The molecule has 0 radical (unpaired) electrons. The molecule has 0 aliphatic rings. The Morgan fingerprint density at radius 2 is 2.06 bits per heavy atom. The van der Waals surface area contributed by atoms with Crippen molar-refractivity contribution in [3.8, 4) is 5.75 Å². The van der Waals surface area contributed by atoms with Crippen LogP contribution in [0.25, 0.3) is 0 Å². The van der Waals surface area contributed by atoms with E-state index in [1.165, 1.54) is 0 Å². The van der Waals surface area contributed by atoms with Crippen molar-refractivity contribution < 1.29 is 9.84 Å². The number of ether oxygens (including phenoxy) is 1. The number of benzene rings is 1. The van der Waals surface area contributed by atoms with E-state index in [1.54, 1.807) is 0 Å². The molecule has 1 rings (SSSR count). The predicted molar refractivity (Wildman–Crippen MR) is 71.7 cm³/mol. The van der Waals surface area contributed by atoms with E-state index in [9.17, 15) is 5.11 Å². The Hall–Kier alpha value is -0.730. The van der Waals surface area contributed by atoms with Crippen molar-refractivity contribution in [1.82, 2.24) is 0 Å². The highest BCUT2D eigenvalue weighted by Crippen LogP contribution is 2.27. The molecule has 0 fully saturated rings. The van der Waals surface area contributed by atoms with E-state index >= 15 is 0 Å². The maximum atomic E-state index is 9.31. The fourth-order valence-corrected chi connectivity index (χ4v) is 2.02. The molecule has 0 aliphatic carbocycles. The van der Waals surface area contributed by atoms with Gasteiger partial charge in [-0.25, -0.2) is 0 Å². The zero-order valence-corrected chi connectivity index (χ0v) is 11.5. The molecule has 0 heterocycles. The van der Waals surface area contributed by atoms with Gasteiger partial charge < -0.3 is 9.84 Å². The Bertz CT molecular complexity index is 350. The summed E-state index contributed by atoms with van der Waals surface area (Å²) < 4.78 is 5.39. The maximum Gasteiger partial charge on any atom is 0.137 e. The summed E-state index contributed by atoms with van der Waals surface area (Å²) in [5.74, 6) is 1.47. The molecule has 0 saturated heterocycles. The summed E-state index contributed by atoms with van der Waals surface area (Å²) in [5, 5.41) is 9.95. The molecule has 0 aliphatic heterocycles. The molecule has 0 amide bonds. The summed E-state index contributed by atoms with van der Waals surface area (Å²) >= 11 is 6.13. The van der Waals surface area contributed by atoms with Crippen molar-refractivity contribution in [1.29, 1.82) is 0 Å². The van der Waals surface area contributed by atoms with Gasteiger partial charge in [0, 0.05) is 6.61 Å². The lowest BCUT2D eigenvalue weighted by atomic mass is 9.90. The smallest absolute Gasteiger partial charge is 0.137 e. The average Bonchev–Trinajstić information content (AvgIpc) is 2.29. The Balaban J connectivity index is 2.76. The number of hydrogen-bond donors (Lipinski definition) is 1. The monoisotopic (exact) mass is 256 g/mol. The molecular weight excluding hydrogens is 236 g/mol. The van der Waals surface area contributed by atoms with Crippen LogP contribution in [0, 0.1) is 11.8 Å². The van der Waals surface area contributed by atoms with Crippen molar-refractivity contribution in [3.63, 3.8) is 0 Å². The Kier molecular flexibility index (Phi) is 5.79. The first-order valence-corrected chi connectivity index (χ1v) is 6.48. The van der Waals surface area contributed by atoms with Gasteiger partial charge in [0.2, 0.25) is 0 Å². The van der Waals surface area contributed by atoms with E-state index in [-0.39, 0.29) is 12.5 Å². The van der Waals surface area contributed by atoms with E-state index < -0.39 is 0 Å². The van der Waals surface area contributed by atoms with Gasteiger partial charge in [-0.1, -0.05) is 31.5 Å². The number of hydrogen-bond acceptors (Lipinski definition) is 2. The Morgan fingerprint density at radius 3 is 2.53 bits per heavy atom. The lowest BCUT2D eigenvalue weighted by molar-refractivity contribution is 0.189. The summed E-state index contributed by atoms with van der Waals surface area (Å²) in [6.07, 6.45) is 0.848. The van der Waals surface area contributed by atoms with Crippen LogP contribution in [0.4, 0.5) is 0 Å². The Morgan fingerprint density at radius 1 is 1.35 bits per heavy atom. The van der Waals surface area contributed by atoms with Gasteiger partial charge >= 0.3 is 0 Å². The number of halogens is 1. The molecule has 17 heavy (non-hydrogen) atoms. The van der Waals surface area contributed by atoms with Crippen LogP contribution in [-0.4, -0.2) is 18.3 Å². The first kappa shape index (κ1) is 14.3. The van der Waals surface area contributed by atoms with Gasteiger partial charge in [0.25, 0.3) is 0 Å². The van der Waals surface area contributed by atoms with E-state index in [2.05, 4.69) is 13.8 Å². The quantitative estimate of drug-likeness (QED) is 0.844. The highest BCUT2D eigenvalue weighted by molar-refractivity contribution is 6.32. The lowest BCUT2D eigenvalue weighted by Crippen LogP contribution is -2.16. The van der Waals surface area contributed by atoms with Crippen LogP contribution in [-0.2, 0) is 6.42 Å². The number of aliphatic hydroxyl groups excluding tert-OH is 1.